The number of nitrogens with one attached hydrogen (secondary N) is 1. The van der Waals surface area contributed by atoms with Gasteiger partial charge in [-0.3, -0.25) is 4.79 Å². The van der Waals surface area contributed by atoms with Crippen molar-refractivity contribution >= 4 is 11.9 Å². The van der Waals surface area contributed by atoms with E-state index in [1.165, 1.54) is 14.2 Å². The number of tetrazole rings is 1. The molecule has 0 aliphatic heterocycles. The molecule has 28 heavy (non-hydrogen) atoms. The van der Waals surface area contributed by atoms with Gasteiger partial charge in [-0.15, -0.1) is 10.2 Å². The van der Waals surface area contributed by atoms with Crippen LogP contribution >= 0.6 is 0 Å². The summed E-state index contributed by atoms with van der Waals surface area (Å²) in [6.45, 7) is 3.73. The van der Waals surface area contributed by atoms with Crippen molar-refractivity contribution < 1.29 is 23.8 Å². The second kappa shape index (κ2) is 9.67. The Labute approximate surface area is 163 Å². The van der Waals surface area contributed by atoms with Crippen LogP contribution in [-0.2, 0) is 20.9 Å². The van der Waals surface area contributed by atoms with E-state index < -0.39 is 17.9 Å². The van der Waals surface area contributed by atoms with Crippen LogP contribution in [0.4, 0.5) is 0 Å². The topological polar surface area (TPSA) is 117 Å². The summed E-state index contributed by atoms with van der Waals surface area (Å²) in [4.78, 5) is 25.3. The average molecular weight is 391 g/mol. The molecule has 0 bridgehead atoms. The van der Waals surface area contributed by atoms with Crippen molar-refractivity contribution in [3.63, 3.8) is 0 Å². The van der Waals surface area contributed by atoms with Gasteiger partial charge in [0.15, 0.2) is 11.5 Å². The van der Waals surface area contributed by atoms with E-state index in [1.807, 2.05) is 13.8 Å². The molecule has 1 N–H and O–H groups in total. The molecule has 1 aromatic heterocycles. The summed E-state index contributed by atoms with van der Waals surface area (Å²) in [7, 11) is 4.37. The molecule has 0 saturated heterocycles. The number of hydrogen-bond acceptors (Lipinski definition) is 8. The van der Waals surface area contributed by atoms with Gasteiger partial charge in [-0.2, -0.15) is 4.80 Å². The molecule has 1 atom stereocenters. The zero-order chi connectivity index (χ0) is 20.7. The Kier molecular flexibility index (Phi) is 7.30. The lowest BCUT2D eigenvalue weighted by Crippen LogP contribution is -2.43. The minimum absolute atomic E-state index is 0.175. The second-order valence-corrected chi connectivity index (χ2v) is 6.49. The maximum atomic E-state index is 12.3. The highest BCUT2D eigenvalue weighted by Crippen LogP contribution is 2.30. The molecule has 0 saturated carbocycles. The fourth-order valence-electron chi connectivity index (χ4n) is 2.60. The summed E-state index contributed by atoms with van der Waals surface area (Å²) >= 11 is 0. The largest absolute Gasteiger partial charge is 0.493 e. The molecule has 2 rings (SSSR count). The van der Waals surface area contributed by atoms with E-state index >= 15 is 0 Å². The first-order valence-electron chi connectivity index (χ1n) is 8.75. The summed E-state index contributed by atoms with van der Waals surface area (Å²) < 4.78 is 15.2. The van der Waals surface area contributed by atoms with Crippen LogP contribution in [0.15, 0.2) is 18.2 Å². The molecule has 0 radical (unpaired) electrons. The number of carbonyl (C=O) groups is 2. The van der Waals surface area contributed by atoms with Gasteiger partial charge in [0.05, 0.1) is 21.3 Å². The Morgan fingerprint density at radius 1 is 1.14 bits per heavy atom. The van der Waals surface area contributed by atoms with E-state index in [0.717, 1.165) is 4.80 Å². The van der Waals surface area contributed by atoms with Crippen molar-refractivity contribution in [2.45, 2.75) is 32.9 Å². The highest BCUT2D eigenvalue weighted by Gasteiger charge is 2.23. The van der Waals surface area contributed by atoms with Gasteiger partial charge in [-0.25, -0.2) is 4.79 Å². The number of hydrogen-bond donors (Lipinski definition) is 1. The van der Waals surface area contributed by atoms with Crippen molar-refractivity contribution in [1.29, 1.82) is 0 Å². The first-order chi connectivity index (χ1) is 13.4. The summed E-state index contributed by atoms with van der Waals surface area (Å²) in [6.07, 6.45) is 0.472. The van der Waals surface area contributed by atoms with Crippen LogP contribution in [0.2, 0.25) is 0 Å². The monoisotopic (exact) mass is 391 g/mol. The second-order valence-electron chi connectivity index (χ2n) is 6.49. The smallest absolute Gasteiger partial charge is 0.328 e. The van der Waals surface area contributed by atoms with Crippen LogP contribution in [0.1, 0.15) is 20.3 Å². The van der Waals surface area contributed by atoms with Crippen LogP contribution in [0.25, 0.3) is 11.4 Å². The van der Waals surface area contributed by atoms with E-state index in [0.29, 0.717) is 29.3 Å². The molecule has 0 fully saturated rings. The predicted octanol–water partition coefficient (Wildman–Crippen LogP) is 1.06. The minimum atomic E-state index is -0.716. The number of ether oxygens (including phenoxy) is 3. The Morgan fingerprint density at radius 3 is 2.46 bits per heavy atom. The summed E-state index contributed by atoms with van der Waals surface area (Å²) in [5.74, 6) is 0.763. The molecule has 1 heterocycles. The normalized spacial score (nSPS) is 11.8. The third-order valence-electron chi connectivity index (χ3n) is 3.91. The first-order valence-corrected chi connectivity index (χ1v) is 8.75. The molecule has 10 nitrogen and oxygen atoms in total. The quantitative estimate of drug-likeness (QED) is 0.631. The summed E-state index contributed by atoms with van der Waals surface area (Å²) in [6, 6.07) is 4.50. The van der Waals surface area contributed by atoms with Gasteiger partial charge in [0.2, 0.25) is 11.7 Å². The zero-order valence-electron chi connectivity index (χ0n) is 16.6. The maximum Gasteiger partial charge on any atom is 0.328 e. The van der Waals surface area contributed by atoms with Crippen LogP contribution in [0.5, 0.6) is 11.5 Å². The molecule has 1 amide bonds. The highest BCUT2D eigenvalue weighted by molar-refractivity contribution is 5.84. The molecule has 10 heteroatoms. The molecule has 2 aromatic rings. The SMILES string of the molecule is COC(=O)[C@@H](CC(C)C)NC(=O)Cn1nnc(-c2ccc(OC)c(OC)c2)n1. The van der Waals surface area contributed by atoms with E-state index in [4.69, 9.17) is 14.2 Å². The van der Waals surface area contributed by atoms with Crippen LogP contribution in [0, 0.1) is 5.92 Å². The number of methoxy groups -OCH3 is 3. The van der Waals surface area contributed by atoms with E-state index in [9.17, 15) is 9.59 Å². The van der Waals surface area contributed by atoms with Gasteiger partial charge >= 0.3 is 5.97 Å². The Bertz CT molecular complexity index is 820. The van der Waals surface area contributed by atoms with Crippen molar-refractivity contribution in [3.8, 4) is 22.9 Å². The molecule has 0 unspecified atom stereocenters. The van der Waals surface area contributed by atoms with Crippen molar-refractivity contribution in [2.75, 3.05) is 21.3 Å². The lowest BCUT2D eigenvalue weighted by atomic mass is 10.0. The van der Waals surface area contributed by atoms with E-state index in [-0.39, 0.29) is 12.5 Å². The number of esters is 1. The van der Waals surface area contributed by atoms with Crippen molar-refractivity contribution in [1.82, 2.24) is 25.5 Å². The summed E-state index contributed by atoms with van der Waals surface area (Å²) in [5.41, 5.74) is 0.663. The van der Waals surface area contributed by atoms with Gasteiger partial charge in [0.25, 0.3) is 0 Å². The number of rotatable bonds is 9. The van der Waals surface area contributed by atoms with Gasteiger partial charge in [0, 0.05) is 5.56 Å². The van der Waals surface area contributed by atoms with Crippen LogP contribution in [0.3, 0.4) is 0 Å². The standard InChI is InChI=1S/C18H25N5O5/c1-11(2)8-13(18(25)28-5)19-16(24)10-23-21-17(20-22-23)12-6-7-14(26-3)15(9-12)27-4/h6-7,9,11,13H,8,10H2,1-5H3,(H,19,24)/t13-/m1/s1. The number of amides is 1. The molecule has 0 spiro atoms. The van der Waals surface area contributed by atoms with Gasteiger partial charge in [-0.1, -0.05) is 13.8 Å². The molecule has 1 aromatic carbocycles. The summed E-state index contributed by atoms with van der Waals surface area (Å²) in [5, 5.41) is 14.7. The van der Waals surface area contributed by atoms with E-state index in [2.05, 4.69) is 20.7 Å². The Morgan fingerprint density at radius 2 is 1.86 bits per heavy atom. The van der Waals surface area contributed by atoms with Gasteiger partial charge in [0.1, 0.15) is 12.6 Å². The highest BCUT2D eigenvalue weighted by atomic mass is 16.5. The lowest BCUT2D eigenvalue weighted by Gasteiger charge is -2.17. The average Bonchev–Trinajstić information content (AvgIpc) is 3.14. The Hall–Kier alpha value is -3.17. The molecule has 152 valence electrons. The molecule has 0 aliphatic rings. The Balaban J connectivity index is 2.07. The van der Waals surface area contributed by atoms with Gasteiger partial charge in [-0.05, 0) is 35.8 Å². The van der Waals surface area contributed by atoms with Gasteiger partial charge < -0.3 is 19.5 Å². The van der Waals surface area contributed by atoms with E-state index in [1.54, 1.807) is 25.3 Å². The fourth-order valence-corrected chi connectivity index (χ4v) is 2.60. The third-order valence-corrected chi connectivity index (χ3v) is 3.91. The molecular weight excluding hydrogens is 366 g/mol. The van der Waals surface area contributed by atoms with Crippen LogP contribution < -0.4 is 14.8 Å². The van der Waals surface area contributed by atoms with Crippen LogP contribution in [-0.4, -0.2) is 59.5 Å². The van der Waals surface area contributed by atoms with Crippen molar-refractivity contribution in [3.05, 3.63) is 18.2 Å². The third kappa shape index (κ3) is 5.41. The predicted molar refractivity (Wildman–Crippen MR) is 99.8 cm³/mol. The number of nitrogens with zero attached hydrogens (tertiary/aromatic N) is 4. The molecular formula is C18H25N5O5. The maximum absolute atomic E-state index is 12.3. The number of carbonyl (C=O) groups excluding carboxylic acids is 2. The fraction of sp³-hybridized carbons (Fsp3) is 0.500. The number of aromatic nitrogens is 4. The molecule has 0 aliphatic carbocycles. The zero-order valence-corrected chi connectivity index (χ0v) is 16.6. The lowest BCUT2D eigenvalue weighted by molar-refractivity contribution is -0.145. The first kappa shape index (κ1) is 21.1. The number of benzene rings is 1. The van der Waals surface area contributed by atoms with Crippen molar-refractivity contribution in [2.24, 2.45) is 5.92 Å². The minimum Gasteiger partial charge on any atom is -0.493 e.